The fraction of sp³-hybridized carbons (Fsp3) is 0.368. The molecule has 0 unspecified atom stereocenters. The van der Waals surface area contributed by atoms with Crippen LogP contribution in [-0.2, 0) is 4.79 Å². The molecule has 1 aromatic heterocycles. The van der Waals surface area contributed by atoms with E-state index in [9.17, 15) is 10.1 Å². The fourth-order valence-corrected chi connectivity index (χ4v) is 2.98. The summed E-state index contributed by atoms with van der Waals surface area (Å²) in [5, 5.41) is 15.8. The number of dihydropyridines is 1. The summed E-state index contributed by atoms with van der Waals surface area (Å²) >= 11 is 0. The molecule has 26 heavy (non-hydrogen) atoms. The van der Waals surface area contributed by atoms with Crippen LogP contribution in [0.15, 0.2) is 36.3 Å². The third-order valence-corrected chi connectivity index (χ3v) is 4.36. The molecule has 2 aliphatic rings. The Morgan fingerprint density at radius 1 is 1.46 bits per heavy atom. The zero-order valence-corrected chi connectivity index (χ0v) is 14.8. The zero-order chi connectivity index (χ0) is 18.4. The number of hydrogen-bond donors (Lipinski definition) is 2. The lowest BCUT2D eigenvalue weighted by Gasteiger charge is -2.15. The number of nitriles is 1. The molecule has 3 heterocycles. The van der Waals surface area contributed by atoms with E-state index in [1.165, 1.54) is 0 Å². The second kappa shape index (κ2) is 8.30. The molecule has 7 heteroatoms. The van der Waals surface area contributed by atoms with Crippen molar-refractivity contribution in [2.24, 2.45) is 0 Å². The molecule has 0 radical (unpaired) electrons. The van der Waals surface area contributed by atoms with E-state index in [-0.39, 0.29) is 5.91 Å². The Balaban J connectivity index is 1.66. The van der Waals surface area contributed by atoms with E-state index in [1.807, 2.05) is 30.1 Å². The van der Waals surface area contributed by atoms with Crippen LogP contribution in [0.25, 0.3) is 5.57 Å². The Hall–Kier alpha value is -3.14. The molecule has 0 atom stereocenters. The Labute approximate surface area is 153 Å². The van der Waals surface area contributed by atoms with Crippen molar-refractivity contribution in [2.75, 3.05) is 25.0 Å². The number of rotatable bonds is 6. The summed E-state index contributed by atoms with van der Waals surface area (Å²) < 4.78 is 0. The van der Waals surface area contributed by atoms with Gasteiger partial charge in [0.2, 0.25) is 11.9 Å². The quantitative estimate of drug-likeness (QED) is 0.603. The zero-order valence-electron chi connectivity index (χ0n) is 14.8. The van der Waals surface area contributed by atoms with Gasteiger partial charge in [-0.3, -0.25) is 4.79 Å². The second-order valence-corrected chi connectivity index (χ2v) is 6.25. The maximum absolute atomic E-state index is 11.6. The average molecular weight is 350 g/mol. The second-order valence-electron chi connectivity index (χ2n) is 6.25. The number of aryl methyl sites for hydroxylation is 1. The predicted molar refractivity (Wildman–Crippen MR) is 99.6 cm³/mol. The number of likely N-dealkylation sites (tertiary alicyclic amines) is 1. The maximum Gasteiger partial charge on any atom is 0.223 e. The van der Waals surface area contributed by atoms with Gasteiger partial charge in [-0.2, -0.15) is 5.26 Å². The minimum atomic E-state index is 0.242. The fourth-order valence-electron chi connectivity index (χ4n) is 2.98. The molecule has 0 aliphatic carbocycles. The summed E-state index contributed by atoms with van der Waals surface area (Å²) in [4.78, 5) is 22.3. The number of allylic oxidation sites excluding steroid dienone is 4. The van der Waals surface area contributed by atoms with E-state index in [0.717, 1.165) is 37.2 Å². The molecule has 1 saturated heterocycles. The van der Waals surface area contributed by atoms with E-state index in [1.54, 1.807) is 12.4 Å². The minimum absolute atomic E-state index is 0.242. The Morgan fingerprint density at radius 3 is 3.04 bits per heavy atom. The van der Waals surface area contributed by atoms with Crippen molar-refractivity contribution in [2.45, 2.75) is 26.2 Å². The van der Waals surface area contributed by atoms with Gasteiger partial charge in [0.05, 0.1) is 11.4 Å². The molecule has 1 aromatic rings. The summed E-state index contributed by atoms with van der Waals surface area (Å²) in [5.74, 6) is 0.730. The van der Waals surface area contributed by atoms with Gasteiger partial charge in [-0.1, -0.05) is 6.08 Å². The maximum atomic E-state index is 11.6. The Bertz CT molecular complexity index is 818. The van der Waals surface area contributed by atoms with Crippen molar-refractivity contribution in [1.29, 1.82) is 5.26 Å². The van der Waals surface area contributed by atoms with Crippen LogP contribution < -0.4 is 10.6 Å². The van der Waals surface area contributed by atoms with Crippen molar-refractivity contribution < 1.29 is 4.79 Å². The first-order valence-electron chi connectivity index (χ1n) is 8.79. The van der Waals surface area contributed by atoms with Crippen LogP contribution in [0.1, 0.15) is 30.5 Å². The molecule has 2 N–H and O–H groups in total. The summed E-state index contributed by atoms with van der Waals surface area (Å²) in [7, 11) is 0. The van der Waals surface area contributed by atoms with Crippen molar-refractivity contribution >= 4 is 17.4 Å². The standard InChI is InChI=1S/C19H22N6O/c1-14-13-23-19(22-9-5-11-25-10-4-7-17(25)26)24-18(14)15(12-20)16-6-2-3-8-21-16/h2-3,6,8,13,21H,4-5,7,9-11H2,1H3,(H,22,23,24)/b16-15+. The first kappa shape index (κ1) is 17.7. The van der Waals surface area contributed by atoms with Crippen LogP contribution in [0.3, 0.4) is 0 Å². The Morgan fingerprint density at radius 2 is 2.35 bits per heavy atom. The van der Waals surface area contributed by atoms with Crippen molar-refractivity contribution in [3.63, 3.8) is 0 Å². The molecule has 0 aromatic carbocycles. The van der Waals surface area contributed by atoms with E-state index in [2.05, 4.69) is 26.7 Å². The highest BCUT2D eigenvalue weighted by molar-refractivity contribution is 5.81. The number of carbonyl (C=O) groups is 1. The first-order valence-corrected chi connectivity index (χ1v) is 8.79. The smallest absolute Gasteiger partial charge is 0.223 e. The highest BCUT2D eigenvalue weighted by atomic mass is 16.2. The van der Waals surface area contributed by atoms with Crippen LogP contribution >= 0.6 is 0 Å². The minimum Gasteiger partial charge on any atom is -0.361 e. The number of carbonyl (C=O) groups excluding carboxylic acids is 1. The normalized spacial score (nSPS) is 17.8. The van der Waals surface area contributed by atoms with Crippen LogP contribution in [0.4, 0.5) is 5.95 Å². The van der Waals surface area contributed by atoms with Gasteiger partial charge in [0.1, 0.15) is 11.6 Å². The topological polar surface area (TPSA) is 93.9 Å². The number of nitrogens with one attached hydrogen (secondary N) is 2. The average Bonchev–Trinajstić information content (AvgIpc) is 3.07. The van der Waals surface area contributed by atoms with E-state index < -0.39 is 0 Å². The molecule has 1 amide bonds. The highest BCUT2D eigenvalue weighted by Crippen LogP contribution is 2.21. The summed E-state index contributed by atoms with van der Waals surface area (Å²) in [6, 6.07) is 2.24. The molecule has 134 valence electrons. The third kappa shape index (κ3) is 4.09. The lowest BCUT2D eigenvalue weighted by molar-refractivity contribution is -0.127. The van der Waals surface area contributed by atoms with E-state index in [4.69, 9.17) is 0 Å². The van der Waals surface area contributed by atoms with Gasteiger partial charge in [0, 0.05) is 38.5 Å². The molecule has 0 spiro atoms. The van der Waals surface area contributed by atoms with Crippen molar-refractivity contribution in [3.8, 4) is 6.07 Å². The number of anilines is 1. The molecule has 0 bridgehead atoms. The molecule has 0 saturated carbocycles. The number of hydrogen-bond acceptors (Lipinski definition) is 6. The lowest BCUT2D eigenvalue weighted by atomic mass is 10.1. The van der Waals surface area contributed by atoms with Gasteiger partial charge in [-0.15, -0.1) is 0 Å². The predicted octanol–water partition coefficient (Wildman–Crippen LogP) is 2.12. The summed E-state index contributed by atoms with van der Waals surface area (Å²) in [5.41, 5.74) is 2.65. The third-order valence-electron chi connectivity index (χ3n) is 4.36. The van der Waals surface area contributed by atoms with Crippen molar-refractivity contribution in [1.82, 2.24) is 20.2 Å². The number of aromatic nitrogens is 2. The van der Waals surface area contributed by atoms with Gasteiger partial charge in [0.15, 0.2) is 0 Å². The van der Waals surface area contributed by atoms with Gasteiger partial charge >= 0.3 is 0 Å². The van der Waals surface area contributed by atoms with Gasteiger partial charge in [-0.25, -0.2) is 9.97 Å². The first-order chi connectivity index (χ1) is 12.7. The Kier molecular flexibility index (Phi) is 5.64. The van der Waals surface area contributed by atoms with E-state index >= 15 is 0 Å². The molecule has 1 fully saturated rings. The van der Waals surface area contributed by atoms with Crippen LogP contribution in [0.5, 0.6) is 0 Å². The largest absolute Gasteiger partial charge is 0.361 e. The van der Waals surface area contributed by atoms with Gasteiger partial charge in [0.25, 0.3) is 0 Å². The lowest BCUT2D eigenvalue weighted by Crippen LogP contribution is -2.27. The monoisotopic (exact) mass is 350 g/mol. The van der Waals surface area contributed by atoms with Gasteiger partial charge in [-0.05, 0) is 37.5 Å². The molecular weight excluding hydrogens is 328 g/mol. The number of nitrogens with zero attached hydrogens (tertiary/aromatic N) is 4. The molecular formula is C19H22N6O. The summed E-state index contributed by atoms with van der Waals surface area (Å²) in [6.07, 6.45) is 11.5. The highest BCUT2D eigenvalue weighted by Gasteiger charge is 2.19. The van der Waals surface area contributed by atoms with Crippen LogP contribution in [-0.4, -0.2) is 40.4 Å². The molecule has 3 rings (SSSR count). The molecule has 7 nitrogen and oxygen atoms in total. The SMILES string of the molecule is Cc1cnc(NCCCN2CCCC2=O)nc1/C(C#N)=C1\C=CC=CN1. The molecule has 2 aliphatic heterocycles. The van der Waals surface area contributed by atoms with E-state index in [0.29, 0.717) is 30.2 Å². The van der Waals surface area contributed by atoms with Gasteiger partial charge < -0.3 is 15.5 Å². The van der Waals surface area contributed by atoms with Crippen LogP contribution in [0.2, 0.25) is 0 Å². The van der Waals surface area contributed by atoms with Crippen molar-refractivity contribution in [3.05, 3.63) is 47.6 Å². The summed E-state index contributed by atoms with van der Waals surface area (Å²) in [6.45, 7) is 4.17. The van der Waals surface area contributed by atoms with Crippen LogP contribution in [0, 0.1) is 18.3 Å². The number of amides is 1.